The molecule has 0 aromatic heterocycles. The van der Waals surface area contributed by atoms with Gasteiger partial charge in [0.25, 0.3) is 0 Å². The van der Waals surface area contributed by atoms with Gasteiger partial charge in [0.1, 0.15) is 0 Å². The molecule has 2 saturated carbocycles. The molecule has 0 radical (unpaired) electrons. The van der Waals surface area contributed by atoms with Crippen LogP contribution in [0.3, 0.4) is 0 Å². The van der Waals surface area contributed by atoms with E-state index in [1.807, 2.05) is 11.9 Å². The highest BCUT2D eigenvalue weighted by atomic mass is 16.5. The van der Waals surface area contributed by atoms with Crippen LogP contribution in [0, 0.1) is 5.41 Å². The van der Waals surface area contributed by atoms with Crippen LogP contribution in [0.15, 0.2) is 0 Å². The van der Waals surface area contributed by atoms with E-state index in [-0.39, 0.29) is 17.4 Å². The van der Waals surface area contributed by atoms with Gasteiger partial charge in [-0.25, -0.2) is 0 Å². The maximum absolute atomic E-state index is 12.6. The van der Waals surface area contributed by atoms with Crippen molar-refractivity contribution in [2.75, 3.05) is 33.4 Å². The van der Waals surface area contributed by atoms with E-state index in [9.17, 15) is 4.79 Å². The minimum atomic E-state index is 0.0333. The van der Waals surface area contributed by atoms with Gasteiger partial charge < -0.3 is 19.7 Å². The van der Waals surface area contributed by atoms with Gasteiger partial charge in [-0.3, -0.25) is 4.79 Å². The van der Waals surface area contributed by atoms with E-state index in [0.717, 1.165) is 26.1 Å². The quantitative estimate of drug-likeness (QED) is 0.837. The number of rotatable bonds is 5. The third kappa shape index (κ3) is 2.91. The molecule has 3 aliphatic rings. The number of amides is 1. The second kappa shape index (κ2) is 6.85. The van der Waals surface area contributed by atoms with E-state index in [1.54, 1.807) is 0 Å². The predicted octanol–water partition coefficient (Wildman–Crippen LogP) is 1.56. The number of hydrogen-bond acceptors (Lipinski definition) is 4. The van der Waals surface area contributed by atoms with E-state index >= 15 is 0 Å². The Hall–Kier alpha value is -0.650. The highest BCUT2D eigenvalue weighted by Gasteiger charge is 2.58. The van der Waals surface area contributed by atoms with Gasteiger partial charge in [-0.15, -0.1) is 0 Å². The summed E-state index contributed by atoms with van der Waals surface area (Å²) in [6, 6.07) is 0.357. The highest BCUT2D eigenvalue weighted by Crippen LogP contribution is 2.56. The van der Waals surface area contributed by atoms with Crippen LogP contribution in [-0.2, 0) is 14.3 Å². The summed E-state index contributed by atoms with van der Waals surface area (Å²) < 4.78 is 11.6. The van der Waals surface area contributed by atoms with E-state index in [0.29, 0.717) is 25.2 Å². The summed E-state index contributed by atoms with van der Waals surface area (Å²) in [4.78, 5) is 14.6. The molecular weight excluding hydrogens is 280 g/mol. The molecule has 1 heterocycles. The Balaban J connectivity index is 1.59. The number of nitrogens with one attached hydrogen (secondary N) is 1. The summed E-state index contributed by atoms with van der Waals surface area (Å²) in [6.45, 7) is 5.23. The second-order valence-corrected chi connectivity index (χ2v) is 7.04. The SMILES string of the molecule is CCO[C@@H]1C[C@H](N(C)C(=O)C[C@@H]2CNCCO2)C12CCCC2. The zero-order chi connectivity index (χ0) is 15.6. The van der Waals surface area contributed by atoms with Crippen molar-refractivity contribution in [2.24, 2.45) is 5.41 Å². The van der Waals surface area contributed by atoms with Crippen LogP contribution in [0.5, 0.6) is 0 Å². The predicted molar refractivity (Wildman–Crippen MR) is 84.7 cm³/mol. The molecule has 0 aromatic carbocycles. The molecule has 3 rings (SSSR count). The Labute approximate surface area is 133 Å². The van der Waals surface area contributed by atoms with Crippen molar-refractivity contribution in [2.45, 2.75) is 63.7 Å². The number of nitrogens with zero attached hydrogens (tertiary/aromatic N) is 1. The molecule has 0 unspecified atom stereocenters. The molecule has 5 heteroatoms. The van der Waals surface area contributed by atoms with Crippen molar-refractivity contribution < 1.29 is 14.3 Å². The van der Waals surface area contributed by atoms with Crippen LogP contribution in [0.25, 0.3) is 0 Å². The van der Waals surface area contributed by atoms with Gasteiger partial charge in [0.2, 0.25) is 5.91 Å². The van der Waals surface area contributed by atoms with Crippen LogP contribution < -0.4 is 5.32 Å². The molecule has 1 aliphatic heterocycles. The smallest absolute Gasteiger partial charge is 0.225 e. The van der Waals surface area contributed by atoms with Crippen molar-refractivity contribution >= 4 is 5.91 Å². The molecule has 126 valence electrons. The largest absolute Gasteiger partial charge is 0.378 e. The molecule has 3 fully saturated rings. The third-order valence-electron chi connectivity index (χ3n) is 5.91. The minimum absolute atomic E-state index is 0.0333. The maximum Gasteiger partial charge on any atom is 0.225 e. The van der Waals surface area contributed by atoms with Crippen LogP contribution in [0.4, 0.5) is 0 Å². The number of morpholine rings is 1. The lowest BCUT2D eigenvalue weighted by Gasteiger charge is -2.57. The molecule has 0 bridgehead atoms. The third-order valence-corrected chi connectivity index (χ3v) is 5.91. The van der Waals surface area contributed by atoms with Crippen LogP contribution in [0.1, 0.15) is 45.4 Å². The van der Waals surface area contributed by atoms with E-state index < -0.39 is 0 Å². The van der Waals surface area contributed by atoms with E-state index in [2.05, 4.69) is 12.2 Å². The van der Waals surface area contributed by atoms with Crippen molar-refractivity contribution in [3.05, 3.63) is 0 Å². The second-order valence-electron chi connectivity index (χ2n) is 7.04. The van der Waals surface area contributed by atoms with Gasteiger partial charge in [0.15, 0.2) is 0 Å². The lowest BCUT2D eigenvalue weighted by atomic mass is 9.60. The highest BCUT2D eigenvalue weighted by molar-refractivity contribution is 5.77. The zero-order valence-corrected chi connectivity index (χ0v) is 14.0. The fraction of sp³-hybridized carbons (Fsp3) is 0.941. The fourth-order valence-electron chi connectivity index (χ4n) is 4.66. The summed E-state index contributed by atoms with van der Waals surface area (Å²) in [6.07, 6.45) is 6.85. The Bertz CT molecular complexity index is 389. The molecular formula is C17H30N2O3. The van der Waals surface area contributed by atoms with Crippen LogP contribution >= 0.6 is 0 Å². The first-order valence-electron chi connectivity index (χ1n) is 8.87. The van der Waals surface area contributed by atoms with Gasteiger partial charge >= 0.3 is 0 Å². The Morgan fingerprint density at radius 3 is 2.82 bits per heavy atom. The lowest BCUT2D eigenvalue weighted by Crippen LogP contribution is -2.64. The monoisotopic (exact) mass is 310 g/mol. The summed E-state index contributed by atoms with van der Waals surface area (Å²) >= 11 is 0. The topological polar surface area (TPSA) is 50.8 Å². The van der Waals surface area contributed by atoms with Crippen molar-refractivity contribution in [3.8, 4) is 0 Å². The first kappa shape index (κ1) is 16.2. The fourth-order valence-corrected chi connectivity index (χ4v) is 4.66. The summed E-state index contributed by atoms with van der Waals surface area (Å²) in [7, 11) is 1.98. The van der Waals surface area contributed by atoms with Crippen LogP contribution in [-0.4, -0.2) is 62.4 Å². The molecule has 1 saturated heterocycles. The van der Waals surface area contributed by atoms with Gasteiger partial charge in [-0.05, 0) is 26.2 Å². The van der Waals surface area contributed by atoms with Crippen molar-refractivity contribution in [1.82, 2.24) is 10.2 Å². The van der Waals surface area contributed by atoms with Crippen LogP contribution in [0.2, 0.25) is 0 Å². The van der Waals surface area contributed by atoms with Crippen molar-refractivity contribution in [3.63, 3.8) is 0 Å². The first-order valence-corrected chi connectivity index (χ1v) is 8.87. The normalized spacial score (nSPS) is 33.6. The Kier molecular flexibility index (Phi) is 5.05. The summed E-state index contributed by atoms with van der Waals surface area (Å²) in [5.74, 6) is 0.222. The van der Waals surface area contributed by atoms with E-state index in [4.69, 9.17) is 9.47 Å². The van der Waals surface area contributed by atoms with E-state index in [1.165, 1.54) is 25.7 Å². The number of carbonyl (C=O) groups excluding carboxylic acids is 1. The Morgan fingerprint density at radius 2 is 2.18 bits per heavy atom. The molecule has 1 N–H and O–H groups in total. The van der Waals surface area contributed by atoms with Gasteiger partial charge in [-0.1, -0.05) is 12.8 Å². The number of hydrogen-bond donors (Lipinski definition) is 1. The van der Waals surface area contributed by atoms with Crippen molar-refractivity contribution in [1.29, 1.82) is 0 Å². The molecule has 22 heavy (non-hydrogen) atoms. The number of carbonyl (C=O) groups is 1. The summed E-state index contributed by atoms with van der Waals surface area (Å²) in [5, 5.41) is 3.29. The minimum Gasteiger partial charge on any atom is -0.378 e. The molecule has 1 spiro atoms. The zero-order valence-electron chi connectivity index (χ0n) is 14.0. The lowest BCUT2D eigenvalue weighted by molar-refractivity contribution is -0.174. The van der Waals surface area contributed by atoms with Gasteiger partial charge in [-0.2, -0.15) is 0 Å². The standard InChI is InChI=1S/C17H30N2O3/c1-3-21-15-11-14(17(15)6-4-5-7-17)19(2)16(20)10-13-12-18-8-9-22-13/h13-15,18H,3-12H2,1-2H3/t13-,14+,15-/m1/s1. The molecule has 1 amide bonds. The molecule has 5 nitrogen and oxygen atoms in total. The maximum atomic E-state index is 12.6. The number of ether oxygens (including phenoxy) is 2. The average Bonchev–Trinajstić information content (AvgIpc) is 3.04. The molecule has 0 aromatic rings. The van der Waals surface area contributed by atoms with Gasteiger partial charge in [0.05, 0.1) is 25.2 Å². The molecule has 2 aliphatic carbocycles. The average molecular weight is 310 g/mol. The Morgan fingerprint density at radius 1 is 1.41 bits per heavy atom. The molecule has 3 atom stereocenters. The summed E-state index contributed by atoms with van der Waals surface area (Å²) in [5.41, 5.74) is 0.228. The van der Waals surface area contributed by atoms with Gasteiger partial charge in [0, 0.05) is 38.2 Å². The first-order chi connectivity index (χ1) is 10.7.